The molecule has 17 heteroatoms. The molecule has 0 unspecified atom stereocenters. The van der Waals surface area contributed by atoms with Gasteiger partial charge in [0.25, 0.3) is 5.91 Å². The van der Waals surface area contributed by atoms with Gasteiger partial charge in [-0.25, -0.2) is 0 Å². The van der Waals surface area contributed by atoms with Crippen LogP contribution in [-0.2, 0) is 22.5 Å². The summed E-state index contributed by atoms with van der Waals surface area (Å²) >= 11 is 6.18. The number of anilines is 1. The number of carbonyl (C=O) groups is 2. The minimum atomic E-state index is -0.209. The number of nitrogens with two attached hydrogens (primary N) is 1. The molecule has 3 aromatic heterocycles. The first-order chi connectivity index (χ1) is 34.2. The average molecular weight is 967 g/mol. The molecular formula is C53H62ClN12O4+. The van der Waals surface area contributed by atoms with Crippen molar-refractivity contribution in [3.63, 3.8) is 0 Å². The number of rotatable bonds is 11. The Morgan fingerprint density at radius 2 is 1.76 bits per heavy atom. The van der Waals surface area contributed by atoms with Crippen LogP contribution in [0.4, 0.5) is 5.82 Å². The second-order valence-corrected chi connectivity index (χ2v) is 19.8. The number of hydrogen-bond acceptors (Lipinski definition) is 12. The summed E-state index contributed by atoms with van der Waals surface area (Å²) in [5.74, 6) is 1.34. The molecule has 5 aromatic rings. The van der Waals surface area contributed by atoms with Crippen LogP contribution < -0.4 is 25.4 Å². The zero-order valence-corrected chi connectivity index (χ0v) is 40.6. The Morgan fingerprint density at radius 3 is 2.47 bits per heavy atom. The number of nitriles is 1. The van der Waals surface area contributed by atoms with E-state index in [4.69, 9.17) is 42.0 Å². The summed E-state index contributed by atoms with van der Waals surface area (Å²) < 4.78 is 14.2. The lowest BCUT2D eigenvalue weighted by atomic mass is 9.93. The number of aromatic amines is 1. The first-order valence-corrected chi connectivity index (χ1v) is 25.4. The highest BCUT2D eigenvalue weighted by atomic mass is 35.5. The number of nitrogens with zero attached hydrogens (tertiary/aromatic N) is 9. The largest absolute Gasteiger partial charge is 0.490 e. The number of amides is 2. The van der Waals surface area contributed by atoms with E-state index in [9.17, 15) is 9.59 Å². The van der Waals surface area contributed by atoms with E-state index in [-0.39, 0.29) is 30.0 Å². The molecule has 2 aromatic carbocycles. The molecule has 70 heavy (non-hydrogen) atoms. The molecule has 1 aliphatic carbocycles. The molecule has 4 aliphatic heterocycles. The van der Waals surface area contributed by atoms with Crippen molar-refractivity contribution in [2.75, 3.05) is 50.8 Å². The van der Waals surface area contributed by atoms with Gasteiger partial charge in [0, 0.05) is 106 Å². The predicted molar refractivity (Wildman–Crippen MR) is 268 cm³/mol. The van der Waals surface area contributed by atoms with Crippen LogP contribution in [0, 0.1) is 11.3 Å². The van der Waals surface area contributed by atoms with Gasteiger partial charge >= 0.3 is 0 Å². The minimum Gasteiger partial charge on any atom is -0.490 e. The number of ether oxygens (including phenoxy) is 2. The van der Waals surface area contributed by atoms with Gasteiger partial charge in [0.2, 0.25) is 11.6 Å². The second kappa shape index (κ2) is 21.3. The topological polar surface area (TPSA) is 195 Å². The Morgan fingerprint density at radius 1 is 0.957 bits per heavy atom. The van der Waals surface area contributed by atoms with E-state index in [2.05, 4.69) is 65.4 Å². The average Bonchev–Trinajstić information content (AvgIpc) is 3.78. The summed E-state index contributed by atoms with van der Waals surface area (Å²) in [7, 11) is 0. The number of fused-ring (bicyclic) bond motifs is 2. The molecule has 7 heterocycles. The van der Waals surface area contributed by atoms with Gasteiger partial charge in [-0.2, -0.15) is 10.4 Å². The van der Waals surface area contributed by atoms with Gasteiger partial charge in [0.05, 0.1) is 60.2 Å². The predicted octanol–water partition coefficient (Wildman–Crippen LogP) is 6.71. The molecule has 2 amide bonds. The Balaban J connectivity index is 0.693. The van der Waals surface area contributed by atoms with Crippen molar-refractivity contribution in [1.29, 1.82) is 5.26 Å². The molecular weight excluding hydrogens is 904 g/mol. The highest BCUT2D eigenvalue weighted by molar-refractivity contribution is 6.31. The lowest BCUT2D eigenvalue weighted by molar-refractivity contribution is -0.782. The third kappa shape index (κ3) is 10.4. The van der Waals surface area contributed by atoms with E-state index in [0.29, 0.717) is 40.7 Å². The molecule has 0 bridgehead atoms. The number of piperidine rings is 2. The summed E-state index contributed by atoms with van der Waals surface area (Å²) in [4.78, 5) is 42.5. The number of nitrogens with one attached hydrogen (secondary N) is 2. The van der Waals surface area contributed by atoms with Crippen LogP contribution in [0.5, 0.6) is 5.75 Å². The maximum Gasteiger partial charge on any atom is 0.272 e. The number of hydrogen-bond donors (Lipinski definition) is 3. The second-order valence-electron chi connectivity index (χ2n) is 19.4. The minimum absolute atomic E-state index is 0.0273. The van der Waals surface area contributed by atoms with E-state index >= 15 is 0 Å². The first-order valence-electron chi connectivity index (χ1n) is 25.0. The number of aromatic nitrogens is 5. The lowest BCUT2D eigenvalue weighted by Gasteiger charge is -2.41. The summed E-state index contributed by atoms with van der Waals surface area (Å²) in [6.45, 7) is 8.23. The van der Waals surface area contributed by atoms with Crippen LogP contribution in [0.1, 0.15) is 110 Å². The zero-order valence-electron chi connectivity index (χ0n) is 39.9. The molecule has 364 valence electrons. The Kier molecular flexibility index (Phi) is 14.4. The first kappa shape index (κ1) is 47.3. The number of aliphatic imine (C=N–C) groups is 1. The maximum atomic E-state index is 13.1. The van der Waals surface area contributed by atoms with Crippen LogP contribution in [0.3, 0.4) is 0 Å². The van der Waals surface area contributed by atoms with Gasteiger partial charge in [-0.3, -0.25) is 19.6 Å². The van der Waals surface area contributed by atoms with Gasteiger partial charge in [0.1, 0.15) is 17.5 Å². The fourth-order valence-corrected chi connectivity index (χ4v) is 11.3. The third-order valence-electron chi connectivity index (χ3n) is 15.1. The van der Waals surface area contributed by atoms with Crippen LogP contribution in [-0.4, -0.2) is 118 Å². The van der Waals surface area contributed by atoms with Crippen molar-refractivity contribution in [2.45, 2.75) is 114 Å². The molecule has 1 saturated carbocycles. The highest BCUT2D eigenvalue weighted by Crippen LogP contribution is 2.35. The van der Waals surface area contributed by atoms with Gasteiger partial charge in [-0.1, -0.05) is 29.8 Å². The van der Waals surface area contributed by atoms with E-state index in [0.717, 1.165) is 156 Å². The van der Waals surface area contributed by atoms with Crippen molar-refractivity contribution < 1.29 is 23.7 Å². The lowest BCUT2D eigenvalue weighted by Crippen LogP contribution is -2.49. The van der Waals surface area contributed by atoms with Crippen LogP contribution in [0.2, 0.25) is 5.02 Å². The molecule has 5 aliphatic rings. The van der Waals surface area contributed by atoms with Crippen molar-refractivity contribution in [1.82, 2.24) is 35.4 Å². The monoisotopic (exact) mass is 965 g/mol. The van der Waals surface area contributed by atoms with E-state index in [1.807, 2.05) is 23.4 Å². The van der Waals surface area contributed by atoms with Gasteiger partial charge in [0.15, 0.2) is 17.6 Å². The molecule has 3 saturated heterocycles. The van der Waals surface area contributed by atoms with Crippen molar-refractivity contribution in [2.24, 2.45) is 10.7 Å². The standard InChI is InChI=1S/C53H61ClN12O4/c1-34(67)65-24-17-50-46(33-65)52(62-66(50)41-18-25-69-26-19-41)44-4-2-3-35-27-49(58-32-45(35)44)37(30-56)31-57-38-13-20-63(21-14-38)40-15-22-64(23-16-40)51-12-11-48(60-61-51)53(68)59-39-6-9-42(10-7-39)70-43-8-5-36(29-55)47(54)28-43/h2-5,8,11-12,27-28,30-32,38-42H,6-7,9-10,13-26,33H2,1H3,(H3,56,57,58,59,68)/p+1. The number of likely N-dealkylation sites (tertiary alicyclic amines) is 1. The number of allylic oxidation sites excluding steroid dienone is 1. The highest BCUT2D eigenvalue weighted by Gasteiger charge is 2.37. The van der Waals surface area contributed by atoms with Crippen LogP contribution in [0.25, 0.3) is 27.6 Å². The fraction of sp³-hybridized carbons (Fsp3) is 0.472. The van der Waals surface area contributed by atoms with Crippen molar-refractivity contribution in [3.05, 3.63) is 100 Å². The van der Waals surface area contributed by atoms with Gasteiger partial charge in [-0.15, -0.1) is 14.9 Å². The number of benzene rings is 2. The molecule has 16 nitrogen and oxygen atoms in total. The maximum absolute atomic E-state index is 13.1. The number of halogens is 1. The van der Waals surface area contributed by atoms with Crippen molar-refractivity contribution in [3.8, 4) is 23.1 Å². The Hall–Kier alpha value is -6.41. The van der Waals surface area contributed by atoms with E-state index < -0.39 is 0 Å². The SMILES string of the molecule is CC(=O)N1CCc2c(c(-c3cccc4cc(/C(C=NC5CCN(C6CCN(c7ccc(C(=O)NC8CCC(Oc9ccc(C#N)c(Cl)c9)CC8)nn7)CC6)CC5)=C/N)ncc34)[nH][n+]2C2CCOCC2)C1. The molecule has 0 spiro atoms. The Bertz CT molecular complexity index is 2790. The molecule has 10 rings (SSSR count). The summed E-state index contributed by atoms with van der Waals surface area (Å²) in [5.41, 5.74) is 13.2. The van der Waals surface area contributed by atoms with Crippen LogP contribution >= 0.6 is 11.6 Å². The number of H-pyrrole nitrogens is 1. The zero-order chi connectivity index (χ0) is 48.1. The van der Waals surface area contributed by atoms with Gasteiger partial charge < -0.3 is 35.2 Å². The number of pyridine rings is 1. The fourth-order valence-electron chi connectivity index (χ4n) is 11.1. The number of carbonyl (C=O) groups excluding carboxylic acids is 2. The van der Waals surface area contributed by atoms with Gasteiger partial charge in [-0.05, 0) is 87.1 Å². The van der Waals surface area contributed by atoms with E-state index in [1.165, 1.54) is 11.3 Å². The summed E-state index contributed by atoms with van der Waals surface area (Å²) in [6, 6.07) is 20.4. The summed E-state index contributed by atoms with van der Waals surface area (Å²) in [6.07, 6.45) is 15.5. The smallest absolute Gasteiger partial charge is 0.272 e. The van der Waals surface area contributed by atoms with Crippen LogP contribution in [0.15, 0.2) is 72.0 Å². The molecule has 4 fully saturated rings. The van der Waals surface area contributed by atoms with Crippen molar-refractivity contribution >= 4 is 51.8 Å². The molecule has 4 N–H and O–H groups in total. The normalized spacial score (nSPS) is 21.2. The quantitative estimate of drug-likeness (QED) is 0.0941. The van der Waals surface area contributed by atoms with E-state index in [1.54, 1.807) is 37.4 Å². The summed E-state index contributed by atoms with van der Waals surface area (Å²) in [5, 5.41) is 27.4. The third-order valence-corrected chi connectivity index (χ3v) is 15.4. The molecule has 0 radical (unpaired) electrons. The Labute approximate surface area is 413 Å². The molecule has 0 atom stereocenters.